The zero-order valence-electron chi connectivity index (χ0n) is 15.3. The first-order valence-corrected chi connectivity index (χ1v) is 9.47. The van der Waals surface area contributed by atoms with Crippen LogP contribution in [0.25, 0.3) is 5.69 Å². The van der Waals surface area contributed by atoms with Crippen LogP contribution in [0.5, 0.6) is 0 Å². The first-order valence-electron chi connectivity index (χ1n) is 8.65. The van der Waals surface area contributed by atoms with Crippen molar-refractivity contribution in [3.05, 3.63) is 84.1 Å². The Hall–Kier alpha value is -3.59. The minimum absolute atomic E-state index is 0.0503. The number of aromatic nitrogens is 5. The van der Waals surface area contributed by atoms with E-state index in [0.29, 0.717) is 17.1 Å². The molecule has 2 aromatic heterocycles. The zero-order chi connectivity index (χ0) is 20.2. The molecule has 144 valence electrons. The lowest BCUT2D eigenvalue weighted by molar-refractivity contribution is 0.102. The fourth-order valence-corrected chi connectivity index (χ4v) is 3.38. The van der Waals surface area contributed by atoms with Crippen molar-refractivity contribution < 1.29 is 9.18 Å². The van der Waals surface area contributed by atoms with Gasteiger partial charge in [-0.3, -0.25) is 4.79 Å². The number of aryl methyl sites for hydroxylation is 1. The third-order valence-electron chi connectivity index (χ3n) is 4.04. The van der Waals surface area contributed by atoms with Gasteiger partial charge >= 0.3 is 0 Å². The van der Waals surface area contributed by atoms with E-state index in [4.69, 9.17) is 0 Å². The van der Waals surface area contributed by atoms with Gasteiger partial charge < -0.3 is 5.32 Å². The summed E-state index contributed by atoms with van der Waals surface area (Å²) < 4.78 is 15.7. The van der Waals surface area contributed by atoms with Crippen LogP contribution in [0.1, 0.15) is 16.2 Å². The van der Waals surface area contributed by atoms with E-state index in [1.54, 1.807) is 25.3 Å². The quantitative estimate of drug-likeness (QED) is 0.541. The maximum absolute atomic E-state index is 14.2. The number of carbonyl (C=O) groups is 1. The summed E-state index contributed by atoms with van der Waals surface area (Å²) in [5.41, 5.74) is 1.01. The summed E-state index contributed by atoms with van der Waals surface area (Å²) >= 11 is 1.49. The molecule has 7 nitrogen and oxygen atoms in total. The van der Waals surface area contributed by atoms with Gasteiger partial charge in [0.25, 0.3) is 5.91 Å². The van der Waals surface area contributed by atoms with Gasteiger partial charge in [-0.15, -0.1) is 5.10 Å². The molecule has 1 N–H and O–H groups in total. The minimum atomic E-state index is -0.546. The topological polar surface area (TPSA) is 85.6 Å². The molecule has 0 aliphatic carbocycles. The maximum Gasteiger partial charge on any atom is 0.255 e. The number of carbonyl (C=O) groups excluding carboxylic acids is 1. The average molecular weight is 406 g/mol. The van der Waals surface area contributed by atoms with Crippen LogP contribution < -0.4 is 5.32 Å². The van der Waals surface area contributed by atoms with Gasteiger partial charge in [-0.1, -0.05) is 17.8 Å². The first kappa shape index (κ1) is 18.8. The Balaban J connectivity index is 1.50. The fourth-order valence-electron chi connectivity index (χ4n) is 2.61. The molecule has 29 heavy (non-hydrogen) atoms. The third kappa shape index (κ3) is 4.30. The Bertz CT molecular complexity index is 1150. The molecular weight excluding hydrogens is 391 g/mol. The normalized spacial score (nSPS) is 10.7. The molecule has 2 aromatic carbocycles. The number of rotatable bonds is 5. The van der Waals surface area contributed by atoms with Gasteiger partial charge in [0.15, 0.2) is 5.82 Å². The van der Waals surface area contributed by atoms with Crippen molar-refractivity contribution in [2.45, 2.75) is 16.8 Å². The van der Waals surface area contributed by atoms with Crippen molar-refractivity contribution in [1.82, 2.24) is 25.2 Å². The van der Waals surface area contributed by atoms with Crippen LogP contribution in [0, 0.1) is 12.7 Å². The summed E-state index contributed by atoms with van der Waals surface area (Å²) in [6.07, 6.45) is 1.73. The van der Waals surface area contributed by atoms with Crippen LogP contribution in [0.2, 0.25) is 0 Å². The second kappa shape index (κ2) is 8.19. The van der Waals surface area contributed by atoms with Crippen LogP contribution in [-0.2, 0) is 0 Å². The largest absolute Gasteiger partial charge is 0.319 e. The van der Waals surface area contributed by atoms with Crippen LogP contribution in [0.15, 0.2) is 76.8 Å². The lowest BCUT2D eigenvalue weighted by atomic mass is 10.2. The lowest BCUT2D eigenvalue weighted by Crippen LogP contribution is -2.13. The van der Waals surface area contributed by atoms with Crippen LogP contribution in [0.3, 0.4) is 0 Å². The number of nitrogens with one attached hydrogen (secondary N) is 1. The highest BCUT2D eigenvalue weighted by atomic mass is 32.2. The Kier molecular flexibility index (Phi) is 5.30. The van der Waals surface area contributed by atoms with E-state index in [9.17, 15) is 9.18 Å². The predicted octanol–water partition coefficient (Wildman–Crippen LogP) is 3.91. The number of hydrogen-bond acceptors (Lipinski definition) is 6. The van der Waals surface area contributed by atoms with Crippen molar-refractivity contribution in [3.8, 4) is 5.69 Å². The molecule has 0 fully saturated rings. The molecule has 0 saturated heterocycles. The van der Waals surface area contributed by atoms with Crippen molar-refractivity contribution in [2.75, 3.05) is 5.32 Å². The van der Waals surface area contributed by atoms with Crippen molar-refractivity contribution >= 4 is 23.4 Å². The molecule has 2 heterocycles. The van der Waals surface area contributed by atoms with Gasteiger partial charge in [-0.05, 0) is 71.9 Å². The van der Waals surface area contributed by atoms with Gasteiger partial charge in [-0.25, -0.2) is 9.37 Å². The van der Waals surface area contributed by atoms with Crippen LogP contribution in [0.4, 0.5) is 10.1 Å². The van der Waals surface area contributed by atoms with E-state index in [2.05, 4.69) is 25.8 Å². The van der Waals surface area contributed by atoms with Gasteiger partial charge in [0.05, 0.1) is 11.4 Å². The Morgan fingerprint density at radius 2 is 1.93 bits per heavy atom. The highest BCUT2D eigenvalue weighted by molar-refractivity contribution is 7.99. The molecule has 0 aliphatic heterocycles. The second-order valence-electron chi connectivity index (χ2n) is 6.05. The van der Waals surface area contributed by atoms with Crippen molar-refractivity contribution in [1.29, 1.82) is 0 Å². The van der Waals surface area contributed by atoms with E-state index in [1.807, 2.05) is 30.3 Å². The molecule has 0 saturated carbocycles. The maximum atomic E-state index is 14.2. The standard InChI is InChI=1S/C20H15FN6OS/c1-13-24-25-26-27(13)15-7-10-17(21)18(12-15)23-20(28)14-5-8-16(9-6-14)29-19-4-2-3-11-22-19/h2-12H,1H3,(H,23,28). The average Bonchev–Trinajstić information content (AvgIpc) is 3.17. The molecule has 0 unspecified atom stereocenters. The molecular formula is C20H15FN6OS. The third-order valence-corrected chi connectivity index (χ3v) is 5.00. The number of halogens is 1. The van der Waals surface area contributed by atoms with Crippen LogP contribution >= 0.6 is 11.8 Å². The smallest absolute Gasteiger partial charge is 0.255 e. The molecule has 1 amide bonds. The number of tetrazole rings is 1. The van der Waals surface area contributed by atoms with E-state index >= 15 is 0 Å². The van der Waals surface area contributed by atoms with Gasteiger partial charge in [0.1, 0.15) is 10.8 Å². The lowest BCUT2D eigenvalue weighted by Gasteiger charge is -2.09. The Morgan fingerprint density at radius 1 is 1.10 bits per heavy atom. The fraction of sp³-hybridized carbons (Fsp3) is 0.0500. The zero-order valence-corrected chi connectivity index (χ0v) is 16.1. The van der Waals surface area contributed by atoms with E-state index in [-0.39, 0.29) is 5.69 Å². The summed E-state index contributed by atoms with van der Waals surface area (Å²) in [5.74, 6) is -0.408. The van der Waals surface area contributed by atoms with Gasteiger partial charge in [0.2, 0.25) is 0 Å². The highest BCUT2D eigenvalue weighted by Gasteiger charge is 2.12. The summed E-state index contributed by atoms with van der Waals surface area (Å²) in [6.45, 7) is 1.73. The van der Waals surface area contributed by atoms with E-state index in [0.717, 1.165) is 9.92 Å². The second-order valence-corrected chi connectivity index (χ2v) is 7.14. The predicted molar refractivity (Wildman–Crippen MR) is 107 cm³/mol. The SMILES string of the molecule is Cc1nnnn1-c1ccc(F)c(NC(=O)c2ccc(Sc3ccccn3)cc2)c1. The van der Waals surface area contributed by atoms with Crippen molar-refractivity contribution in [2.24, 2.45) is 0 Å². The monoisotopic (exact) mass is 406 g/mol. The number of anilines is 1. The molecule has 9 heteroatoms. The highest BCUT2D eigenvalue weighted by Crippen LogP contribution is 2.26. The molecule has 0 atom stereocenters. The number of nitrogens with zero attached hydrogens (tertiary/aromatic N) is 5. The number of amides is 1. The number of benzene rings is 2. The number of hydrogen-bond donors (Lipinski definition) is 1. The molecule has 0 bridgehead atoms. The van der Waals surface area contributed by atoms with E-state index in [1.165, 1.54) is 34.6 Å². The molecule has 0 aliphatic rings. The molecule has 4 aromatic rings. The Labute approximate surface area is 170 Å². The summed E-state index contributed by atoms with van der Waals surface area (Å²) in [7, 11) is 0. The summed E-state index contributed by atoms with van der Waals surface area (Å²) in [6, 6.07) is 17.0. The molecule has 0 radical (unpaired) electrons. The van der Waals surface area contributed by atoms with Gasteiger partial charge in [-0.2, -0.15) is 4.68 Å². The first-order chi connectivity index (χ1) is 14.1. The summed E-state index contributed by atoms with van der Waals surface area (Å²) in [4.78, 5) is 17.8. The van der Waals surface area contributed by atoms with Gasteiger partial charge in [0, 0.05) is 16.7 Å². The van der Waals surface area contributed by atoms with Crippen LogP contribution in [-0.4, -0.2) is 31.1 Å². The minimum Gasteiger partial charge on any atom is -0.319 e. The van der Waals surface area contributed by atoms with Crippen molar-refractivity contribution in [3.63, 3.8) is 0 Å². The van der Waals surface area contributed by atoms with E-state index < -0.39 is 11.7 Å². The number of pyridine rings is 1. The molecule has 4 rings (SSSR count). The Morgan fingerprint density at radius 3 is 2.62 bits per heavy atom. The summed E-state index contributed by atoms with van der Waals surface area (Å²) in [5, 5.41) is 14.7. The molecule has 0 spiro atoms.